The quantitative estimate of drug-likeness (QED) is 0.709. The highest BCUT2D eigenvalue weighted by atomic mass is 16.2. The van der Waals surface area contributed by atoms with Gasteiger partial charge in [0.05, 0.1) is 23.6 Å². The van der Waals surface area contributed by atoms with Crippen LogP contribution in [0.2, 0.25) is 0 Å². The molecule has 3 rings (SSSR count). The van der Waals surface area contributed by atoms with E-state index < -0.39 is 0 Å². The van der Waals surface area contributed by atoms with Gasteiger partial charge in [-0.25, -0.2) is 4.79 Å². The van der Waals surface area contributed by atoms with Crippen molar-refractivity contribution >= 4 is 17.4 Å². The Kier molecular flexibility index (Phi) is 2.28. The Bertz CT molecular complexity index is 449. The number of pyridine rings is 1. The molecule has 0 radical (unpaired) electrons. The average Bonchev–Trinajstić information content (AvgIpc) is 2.71. The van der Waals surface area contributed by atoms with E-state index in [1.165, 1.54) is 0 Å². The molecule has 90 valence electrons. The van der Waals surface area contributed by atoms with E-state index in [2.05, 4.69) is 15.2 Å². The first-order valence-corrected chi connectivity index (χ1v) is 5.74. The van der Waals surface area contributed by atoms with Crippen molar-refractivity contribution in [3.63, 3.8) is 0 Å². The van der Waals surface area contributed by atoms with Crippen molar-refractivity contribution in [1.29, 1.82) is 0 Å². The van der Waals surface area contributed by atoms with Crippen molar-refractivity contribution in [3.05, 3.63) is 18.5 Å². The highest BCUT2D eigenvalue weighted by Gasteiger charge is 2.35. The molecule has 1 aromatic rings. The molecule has 0 aromatic carbocycles. The molecule has 2 fully saturated rings. The number of piperazine rings is 1. The largest absolute Gasteiger partial charge is 0.397 e. The Balaban J connectivity index is 1.77. The first-order chi connectivity index (χ1) is 8.24. The van der Waals surface area contributed by atoms with Crippen LogP contribution in [0.5, 0.6) is 0 Å². The van der Waals surface area contributed by atoms with Crippen LogP contribution in [0.25, 0.3) is 0 Å². The van der Waals surface area contributed by atoms with E-state index in [4.69, 9.17) is 5.73 Å². The van der Waals surface area contributed by atoms with Gasteiger partial charge >= 0.3 is 6.03 Å². The number of nitrogens with two attached hydrogens (primary N) is 1. The van der Waals surface area contributed by atoms with E-state index in [0.717, 1.165) is 31.9 Å². The second-order valence-corrected chi connectivity index (χ2v) is 4.46. The van der Waals surface area contributed by atoms with Gasteiger partial charge in [0, 0.05) is 32.4 Å². The number of fused-ring (bicyclic) bond motifs is 1. The number of hydrogen-bond donors (Lipinski definition) is 2. The maximum absolute atomic E-state index is 11.5. The maximum Gasteiger partial charge on any atom is 0.317 e. The van der Waals surface area contributed by atoms with Crippen LogP contribution in [0.4, 0.5) is 16.2 Å². The van der Waals surface area contributed by atoms with E-state index in [0.29, 0.717) is 5.69 Å². The van der Waals surface area contributed by atoms with Gasteiger partial charge in [-0.1, -0.05) is 0 Å². The third-order valence-electron chi connectivity index (χ3n) is 3.34. The van der Waals surface area contributed by atoms with Crippen molar-refractivity contribution < 1.29 is 4.79 Å². The average molecular weight is 233 g/mol. The number of hydrogen-bond acceptors (Lipinski definition) is 4. The van der Waals surface area contributed by atoms with Gasteiger partial charge in [-0.2, -0.15) is 0 Å². The van der Waals surface area contributed by atoms with Crippen LogP contribution >= 0.6 is 0 Å². The summed E-state index contributed by atoms with van der Waals surface area (Å²) in [6, 6.07) is 2.24. The van der Waals surface area contributed by atoms with Gasteiger partial charge < -0.3 is 20.9 Å². The molecule has 2 aliphatic heterocycles. The standard InChI is InChI=1S/C11H15N5O/c12-8-3-9(5-13-4-8)15-1-2-16-10(7-15)6-14-11(16)17/h3-5,10H,1-2,6-7,12H2,(H,14,17). The highest BCUT2D eigenvalue weighted by molar-refractivity contribution is 5.77. The van der Waals surface area contributed by atoms with Crippen molar-refractivity contribution in [2.24, 2.45) is 0 Å². The third kappa shape index (κ3) is 1.75. The third-order valence-corrected chi connectivity index (χ3v) is 3.34. The zero-order valence-electron chi connectivity index (χ0n) is 9.47. The molecule has 1 atom stereocenters. The van der Waals surface area contributed by atoms with Crippen LogP contribution in [0, 0.1) is 0 Å². The van der Waals surface area contributed by atoms with E-state index in [9.17, 15) is 4.79 Å². The van der Waals surface area contributed by atoms with Crippen LogP contribution in [-0.2, 0) is 0 Å². The van der Waals surface area contributed by atoms with Gasteiger partial charge in [-0.3, -0.25) is 4.98 Å². The number of anilines is 2. The lowest BCUT2D eigenvalue weighted by molar-refractivity contribution is 0.197. The van der Waals surface area contributed by atoms with Crippen LogP contribution < -0.4 is 16.0 Å². The zero-order valence-corrected chi connectivity index (χ0v) is 9.47. The lowest BCUT2D eigenvalue weighted by Gasteiger charge is -2.37. The summed E-state index contributed by atoms with van der Waals surface area (Å²) in [6.07, 6.45) is 3.45. The van der Waals surface area contributed by atoms with E-state index in [-0.39, 0.29) is 12.1 Å². The van der Waals surface area contributed by atoms with Gasteiger partial charge in [0.25, 0.3) is 0 Å². The second-order valence-electron chi connectivity index (χ2n) is 4.46. The van der Waals surface area contributed by atoms with Crippen LogP contribution in [0.15, 0.2) is 18.5 Å². The topological polar surface area (TPSA) is 74.5 Å². The fraction of sp³-hybridized carbons (Fsp3) is 0.455. The Morgan fingerprint density at radius 1 is 1.41 bits per heavy atom. The van der Waals surface area contributed by atoms with Crippen molar-refractivity contribution in [1.82, 2.24) is 15.2 Å². The summed E-state index contributed by atoms with van der Waals surface area (Å²) in [4.78, 5) is 19.7. The number of urea groups is 1. The molecule has 2 aliphatic rings. The number of nitrogens with one attached hydrogen (secondary N) is 1. The Hall–Kier alpha value is -1.98. The maximum atomic E-state index is 11.5. The van der Waals surface area contributed by atoms with Gasteiger partial charge in [0.15, 0.2) is 0 Å². The minimum absolute atomic E-state index is 0.0559. The van der Waals surface area contributed by atoms with Crippen molar-refractivity contribution in [2.45, 2.75) is 6.04 Å². The molecule has 3 heterocycles. The number of amides is 2. The molecule has 6 nitrogen and oxygen atoms in total. The minimum Gasteiger partial charge on any atom is -0.397 e. The summed E-state index contributed by atoms with van der Waals surface area (Å²) in [7, 11) is 0. The molecular weight excluding hydrogens is 218 g/mol. The molecule has 6 heteroatoms. The molecule has 17 heavy (non-hydrogen) atoms. The van der Waals surface area contributed by atoms with Crippen LogP contribution in [0.1, 0.15) is 0 Å². The first kappa shape index (κ1) is 10.2. The fourth-order valence-corrected chi connectivity index (χ4v) is 2.46. The monoisotopic (exact) mass is 233 g/mol. The van der Waals surface area contributed by atoms with Crippen molar-refractivity contribution in [3.8, 4) is 0 Å². The molecule has 2 saturated heterocycles. The molecule has 3 N–H and O–H groups in total. The zero-order chi connectivity index (χ0) is 11.8. The molecule has 2 amide bonds. The number of rotatable bonds is 1. The predicted octanol–water partition coefficient (Wildman–Crippen LogP) is -0.122. The fourth-order valence-electron chi connectivity index (χ4n) is 2.46. The molecule has 1 unspecified atom stereocenters. The second kappa shape index (κ2) is 3.80. The summed E-state index contributed by atoms with van der Waals surface area (Å²) in [5.74, 6) is 0. The molecule has 0 saturated carbocycles. The summed E-state index contributed by atoms with van der Waals surface area (Å²) in [6.45, 7) is 3.15. The van der Waals surface area contributed by atoms with Crippen LogP contribution in [-0.4, -0.2) is 48.1 Å². The smallest absolute Gasteiger partial charge is 0.317 e. The molecule has 0 bridgehead atoms. The highest BCUT2D eigenvalue weighted by Crippen LogP contribution is 2.21. The lowest BCUT2D eigenvalue weighted by Crippen LogP contribution is -2.52. The number of nitrogen functional groups attached to an aromatic ring is 1. The van der Waals surface area contributed by atoms with E-state index in [1.807, 2.05) is 17.2 Å². The molecule has 0 aliphatic carbocycles. The normalized spacial score (nSPS) is 23.5. The van der Waals surface area contributed by atoms with Crippen LogP contribution in [0.3, 0.4) is 0 Å². The van der Waals surface area contributed by atoms with Gasteiger partial charge in [0.1, 0.15) is 0 Å². The number of carbonyl (C=O) groups excluding carboxylic acids is 1. The Morgan fingerprint density at radius 3 is 3.12 bits per heavy atom. The lowest BCUT2D eigenvalue weighted by atomic mass is 10.2. The predicted molar refractivity (Wildman–Crippen MR) is 64.8 cm³/mol. The molecule has 1 aromatic heterocycles. The summed E-state index contributed by atoms with van der Waals surface area (Å²) >= 11 is 0. The van der Waals surface area contributed by atoms with E-state index in [1.54, 1.807) is 6.20 Å². The summed E-state index contributed by atoms with van der Waals surface area (Å²) < 4.78 is 0. The van der Waals surface area contributed by atoms with Gasteiger partial charge in [-0.15, -0.1) is 0 Å². The summed E-state index contributed by atoms with van der Waals surface area (Å²) in [5.41, 5.74) is 7.43. The number of carbonyl (C=O) groups is 1. The Labute approximate surface area is 99.4 Å². The van der Waals surface area contributed by atoms with E-state index >= 15 is 0 Å². The minimum atomic E-state index is 0.0559. The number of nitrogens with zero attached hydrogens (tertiary/aromatic N) is 3. The Morgan fingerprint density at radius 2 is 2.29 bits per heavy atom. The SMILES string of the molecule is Nc1cncc(N2CCN3C(=O)NCC3C2)c1. The van der Waals surface area contributed by atoms with Gasteiger partial charge in [0.2, 0.25) is 0 Å². The first-order valence-electron chi connectivity index (χ1n) is 5.74. The summed E-state index contributed by atoms with van der Waals surface area (Å²) in [5, 5.41) is 2.86. The molecule has 0 spiro atoms. The molecular formula is C11H15N5O. The van der Waals surface area contributed by atoms with Crippen molar-refractivity contribution in [2.75, 3.05) is 36.8 Å². The van der Waals surface area contributed by atoms with Gasteiger partial charge in [-0.05, 0) is 6.07 Å². The number of aromatic nitrogens is 1.